The molecule has 1 aromatic carbocycles. The minimum Gasteiger partial charge on any atom is -0.493 e. The smallest absolute Gasteiger partial charge is 0.303 e. The number of hydrogen-bond acceptors (Lipinski definition) is 11. The van der Waals surface area contributed by atoms with Crippen molar-refractivity contribution < 1.29 is 52.3 Å². The van der Waals surface area contributed by atoms with Crippen LogP contribution in [0.3, 0.4) is 0 Å². The standard InChI is InChI=1S/C23H30O11/c1-12-21(31-15(4)26)22(32-16(5)27)20(11-30-14(3)25)34-23(12)33-18-8-7-17(9-19(18)28-6)10-29-13(2)24/h7-9,12,20-23H,10-11H2,1-6H3. The highest BCUT2D eigenvalue weighted by Crippen LogP contribution is 2.36. The summed E-state index contributed by atoms with van der Waals surface area (Å²) < 4.78 is 38.3. The van der Waals surface area contributed by atoms with Gasteiger partial charge >= 0.3 is 23.9 Å². The molecule has 0 aromatic heterocycles. The number of carbonyl (C=O) groups is 4. The zero-order valence-electron chi connectivity index (χ0n) is 20.0. The number of esters is 4. The van der Waals surface area contributed by atoms with Crippen LogP contribution < -0.4 is 9.47 Å². The number of rotatable bonds is 9. The molecule has 0 aliphatic carbocycles. The minimum atomic E-state index is -1.02. The quantitative estimate of drug-likeness (QED) is 0.377. The molecular weight excluding hydrogens is 452 g/mol. The maximum atomic E-state index is 11.8. The van der Waals surface area contributed by atoms with Crippen molar-refractivity contribution in [1.29, 1.82) is 0 Å². The maximum Gasteiger partial charge on any atom is 0.303 e. The number of carbonyl (C=O) groups excluding carboxylic acids is 4. The molecule has 188 valence electrons. The zero-order chi connectivity index (χ0) is 25.4. The summed E-state index contributed by atoms with van der Waals surface area (Å²) in [6.45, 7) is 6.50. The Hall–Kier alpha value is -3.34. The summed E-state index contributed by atoms with van der Waals surface area (Å²) in [6, 6.07) is 4.96. The van der Waals surface area contributed by atoms with Gasteiger partial charge in [-0.1, -0.05) is 13.0 Å². The molecule has 1 aromatic rings. The second-order valence-corrected chi connectivity index (χ2v) is 7.74. The topological polar surface area (TPSA) is 133 Å². The van der Waals surface area contributed by atoms with E-state index in [-0.39, 0.29) is 13.2 Å². The fourth-order valence-electron chi connectivity index (χ4n) is 3.42. The Morgan fingerprint density at radius 1 is 0.853 bits per heavy atom. The average molecular weight is 482 g/mol. The molecule has 0 bridgehead atoms. The Morgan fingerprint density at radius 3 is 2.03 bits per heavy atom. The normalized spacial score (nSPS) is 23.9. The third kappa shape index (κ3) is 7.62. The van der Waals surface area contributed by atoms with Crippen molar-refractivity contribution in [3.63, 3.8) is 0 Å². The van der Waals surface area contributed by atoms with Crippen molar-refractivity contribution in [3.8, 4) is 11.5 Å². The van der Waals surface area contributed by atoms with Crippen LogP contribution in [0, 0.1) is 5.92 Å². The molecule has 0 radical (unpaired) electrons. The molecule has 1 heterocycles. The Kier molecular flexibility index (Phi) is 9.67. The second kappa shape index (κ2) is 12.2. The first-order valence-electron chi connectivity index (χ1n) is 10.6. The summed E-state index contributed by atoms with van der Waals surface area (Å²) in [5, 5.41) is 0. The van der Waals surface area contributed by atoms with E-state index in [2.05, 4.69) is 0 Å². The van der Waals surface area contributed by atoms with Gasteiger partial charge in [-0.25, -0.2) is 0 Å². The lowest BCUT2D eigenvalue weighted by Gasteiger charge is -2.43. The molecule has 11 nitrogen and oxygen atoms in total. The van der Waals surface area contributed by atoms with Gasteiger partial charge in [0.25, 0.3) is 0 Å². The number of methoxy groups -OCH3 is 1. The first-order valence-corrected chi connectivity index (χ1v) is 10.6. The molecule has 1 saturated heterocycles. The van der Waals surface area contributed by atoms with Gasteiger partial charge in [0.1, 0.15) is 25.4 Å². The van der Waals surface area contributed by atoms with Crippen LogP contribution in [0.2, 0.25) is 0 Å². The number of benzene rings is 1. The largest absolute Gasteiger partial charge is 0.493 e. The Balaban J connectivity index is 2.32. The highest BCUT2D eigenvalue weighted by atomic mass is 16.7. The summed E-state index contributed by atoms with van der Waals surface area (Å²) in [7, 11) is 1.45. The van der Waals surface area contributed by atoms with E-state index in [0.717, 1.165) is 0 Å². The van der Waals surface area contributed by atoms with Crippen LogP contribution in [0.15, 0.2) is 18.2 Å². The molecule has 5 atom stereocenters. The summed E-state index contributed by atoms with van der Waals surface area (Å²) in [6.07, 6.45) is -3.91. The number of ether oxygens (including phenoxy) is 7. The predicted octanol–water partition coefficient (Wildman–Crippen LogP) is 1.92. The Morgan fingerprint density at radius 2 is 1.47 bits per heavy atom. The zero-order valence-corrected chi connectivity index (χ0v) is 20.0. The Bertz CT molecular complexity index is 897. The van der Waals surface area contributed by atoms with Gasteiger partial charge < -0.3 is 33.2 Å². The van der Waals surface area contributed by atoms with Gasteiger partial charge in [-0.15, -0.1) is 0 Å². The van der Waals surface area contributed by atoms with Crippen LogP contribution in [0.5, 0.6) is 11.5 Å². The molecule has 5 unspecified atom stereocenters. The Labute approximate surface area is 197 Å². The van der Waals surface area contributed by atoms with Gasteiger partial charge in [0.2, 0.25) is 6.29 Å². The molecule has 1 fully saturated rings. The van der Waals surface area contributed by atoms with Crippen LogP contribution in [-0.2, 0) is 49.5 Å². The van der Waals surface area contributed by atoms with Crippen molar-refractivity contribution in [2.45, 2.75) is 65.8 Å². The van der Waals surface area contributed by atoms with Crippen LogP contribution in [0.4, 0.5) is 0 Å². The van der Waals surface area contributed by atoms with E-state index in [4.69, 9.17) is 33.2 Å². The van der Waals surface area contributed by atoms with Gasteiger partial charge in [0.05, 0.1) is 13.0 Å². The SMILES string of the molecule is COc1cc(COC(C)=O)ccc1OC1OC(COC(C)=O)C(OC(C)=O)C(OC(C)=O)C1C. The highest BCUT2D eigenvalue weighted by molar-refractivity contribution is 5.68. The van der Waals surface area contributed by atoms with E-state index in [1.54, 1.807) is 25.1 Å². The summed E-state index contributed by atoms with van der Waals surface area (Å²) >= 11 is 0. The monoisotopic (exact) mass is 482 g/mol. The van der Waals surface area contributed by atoms with Crippen LogP contribution in [0.25, 0.3) is 0 Å². The van der Waals surface area contributed by atoms with Crippen molar-refractivity contribution in [3.05, 3.63) is 23.8 Å². The molecule has 1 aliphatic heterocycles. The van der Waals surface area contributed by atoms with E-state index in [1.165, 1.54) is 34.8 Å². The molecule has 34 heavy (non-hydrogen) atoms. The van der Waals surface area contributed by atoms with Crippen LogP contribution >= 0.6 is 0 Å². The fourth-order valence-corrected chi connectivity index (χ4v) is 3.42. The van der Waals surface area contributed by atoms with Gasteiger partial charge in [-0.05, 0) is 17.7 Å². The lowest BCUT2D eigenvalue weighted by atomic mass is 9.92. The van der Waals surface area contributed by atoms with Crippen LogP contribution in [-0.4, -0.2) is 62.2 Å². The first-order chi connectivity index (χ1) is 16.0. The van der Waals surface area contributed by atoms with Gasteiger partial charge in [0.15, 0.2) is 17.6 Å². The third-order valence-corrected chi connectivity index (χ3v) is 4.91. The molecule has 0 amide bonds. The predicted molar refractivity (Wildman–Crippen MR) is 115 cm³/mol. The van der Waals surface area contributed by atoms with E-state index in [1.807, 2.05) is 0 Å². The van der Waals surface area contributed by atoms with E-state index in [9.17, 15) is 19.2 Å². The van der Waals surface area contributed by atoms with E-state index in [0.29, 0.717) is 17.1 Å². The van der Waals surface area contributed by atoms with Crippen molar-refractivity contribution in [2.75, 3.05) is 13.7 Å². The van der Waals surface area contributed by atoms with Crippen LogP contribution in [0.1, 0.15) is 40.2 Å². The van der Waals surface area contributed by atoms with E-state index < -0.39 is 54.4 Å². The van der Waals surface area contributed by atoms with Crippen molar-refractivity contribution >= 4 is 23.9 Å². The molecule has 0 N–H and O–H groups in total. The molecule has 0 spiro atoms. The molecule has 0 saturated carbocycles. The third-order valence-electron chi connectivity index (χ3n) is 4.91. The lowest BCUT2D eigenvalue weighted by molar-refractivity contribution is -0.267. The average Bonchev–Trinajstić information content (AvgIpc) is 2.75. The summed E-state index contributed by atoms with van der Waals surface area (Å²) in [5.74, 6) is -2.11. The van der Waals surface area contributed by atoms with Gasteiger partial charge in [-0.2, -0.15) is 0 Å². The van der Waals surface area contributed by atoms with Crippen molar-refractivity contribution in [1.82, 2.24) is 0 Å². The molecule has 2 rings (SSSR count). The lowest BCUT2D eigenvalue weighted by Crippen LogP contribution is -2.59. The number of hydrogen-bond donors (Lipinski definition) is 0. The molecular formula is C23H30O11. The summed E-state index contributed by atoms with van der Waals surface area (Å²) in [5.41, 5.74) is 0.678. The highest BCUT2D eigenvalue weighted by Gasteiger charge is 2.49. The fraction of sp³-hybridized carbons (Fsp3) is 0.565. The van der Waals surface area contributed by atoms with Gasteiger partial charge in [0, 0.05) is 27.7 Å². The minimum absolute atomic E-state index is 0.0609. The van der Waals surface area contributed by atoms with E-state index >= 15 is 0 Å². The summed E-state index contributed by atoms with van der Waals surface area (Å²) in [4.78, 5) is 45.9. The van der Waals surface area contributed by atoms with Gasteiger partial charge in [-0.3, -0.25) is 19.2 Å². The first kappa shape index (κ1) is 26.9. The molecule has 11 heteroatoms. The van der Waals surface area contributed by atoms with Crippen molar-refractivity contribution in [2.24, 2.45) is 5.92 Å². The maximum absolute atomic E-state index is 11.8. The molecule has 1 aliphatic rings. The second-order valence-electron chi connectivity index (χ2n) is 7.74.